The van der Waals surface area contributed by atoms with E-state index in [9.17, 15) is 9.59 Å². The highest BCUT2D eigenvalue weighted by molar-refractivity contribution is 5.79. The summed E-state index contributed by atoms with van der Waals surface area (Å²) in [5.74, 6) is -0.532. The van der Waals surface area contributed by atoms with Crippen LogP contribution in [0.3, 0.4) is 0 Å². The molecule has 0 unspecified atom stereocenters. The van der Waals surface area contributed by atoms with Crippen LogP contribution < -0.4 is 11.1 Å². The predicted octanol–water partition coefficient (Wildman–Crippen LogP) is 0.886. The number of primary amides is 1. The molecule has 0 fully saturated rings. The molecular formula is C14H24N2O3. The number of rotatable bonds is 4. The molecule has 1 amide bonds. The lowest BCUT2D eigenvalue weighted by atomic mass is 10.2. The third kappa shape index (κ3) is 9.93. The molecule has 0 heterocycles. The third-order valence-electron chi connectivity index (χ3n) is 2.09. The molecule has 5 nitrogen and oxygen atoms in total. The molecule has 5 heteroatoms. The maximum Gasteiger partial charge on any atom is 0.236 e. The van der Waals surface area contributed by atoms with Crippen molar-refractivity contribution in [1.29, 1.82) is 0 Å². The number of carbonyl (C=O) groups is 2. The van der Waals surface area contributed by atoms with Gasteiger partial charge in [0.05, 0.1) is 6.61 Å². The van der Waals surface area contributed by atoms with E-state index in [4.69, 9.17) is 10.8 Å². The van der Waals surface area contributed by atoms with Crippen molar-refractivity contribution in [3.05, 3.63) is 35.4 Å². The minimum absolute atomic E-state index is 0.244. The van der Waals surface area contributed by atoms with E-state index in [0.29, 0.717) is 0 Å². The molecule has 0 bridgehead atoms. The molecule has 0 aliphatic heterocycles. The van der Waals surface area contributed by atoms with Gasteiger partial charge in [0.25, 0.3) is 0 Å². The molecule has 1 rings (SSSR count). The Hall–Kier alpha value is -1.72. The number of aliphatic hydroxyl groups excluding tert-OH is 1. The van der Waals surface area contributed by atoms with E-state index >= 15 is 0 Å². The zero-order valence-electron chi connectivity index (χ0n) is 12.0. The number of amides is 1. The molecular weight excluding hydrogens is 244 g/mol. The van der Waals surface area contributed by atoms with Gasteiger partial charge in [-0.15, -0.1) is 0 Å². The van der Waals surface area contributed by atoms with Crippen LogP contribution in [0.5, 0.6) is 0 Å². The first kappa shape index (κ1) is 19.6. The van der Waals surface area contributed by atoms with E-state index < -0.39 is 11.9 Å². The van der Waals surface area contributed by atoms with Crippen LogP contribution >= 0.6 is 0 Å². The van der Waals surface area contributed by atoms with Crippen molar-refractivity contribution in [2.24, 2.45) is 5.73 Å². The summed E-state index contributed by atoms with van der Waals surface area (Å²) in [5.41, 5.74) is 6.71. The van der Waals surface area contributed by atoms with Gasteiger partial charge in [-0.05, 0) is 14.0 Å². The van der Waals surface area contributed by atoms with Crippen LogP contribution in [0.2, 0.25) is 0 Å². The number of nitrogens with one attached hydrogen (secondary N) is 1. The first-order valence-corrected chi connectivity index (χ1v) is 6.14. The van der Waals surface area contributed by atoms with Crippen molar-refractivity contribution in [1.82, 2.24) is 5.32 Å². The lowest BCUT2D eigenvalue weighted by Crippen LogP contribution is -2.41. The van der Waals surface area contributed by atoms with E-state index in [1.807, 2.05) is 45.0 Å². The molecule has 19 heavy (non-hydrogen) atoms. The molecule has 0 spiro atoms. The van der Waals surface area contributed by atoms with Gasteiger partial charge in [-0.3, -0.25) is 9.59 Å². The Kier molecular flexibility index (Phi) is 13.1. The number of carbonyl (C=O) groups excluding carboxylic acids is 2. The molecule has 0 radical (unpaired) electrons. The Balaban J connectivity index is 0. The second-order valence-electron chi connectivity index (χ2n) is 3.45. The first-order chi connectivity index (χ1) is 9.04. The van der Waals surface area contributed by atoms with Crippen molar-refractivity contribution in [2.45, 2.75) is 26.8 Å². The molecule has 0 saturated carbocycles. The molecule has 1 atom stereocenters. The van der Waals surface area contributed by atoms with E-state index in [2.05, 4.69) is 5.32 Å². The highest BCUT2D eigenvalue weighted by Gasteiger charge is 2.08. The topological polar surface area (TPSA) is 92.4 Å². The average Bonchev–Trinajstić information content (AvgIpc) is 2.43. The van der Waals surface area contributed by atoms with Crippen LogP contribution in [0.1, 0.15) is 29.8 Å². The fourth-order valence-corrected chi connectivity index (χ4v) is 0.969. The Morgan fingerprint density at radius 2 is 1.84 bits per heavy atom. The van der Waals surface area contributed by atoms with Crippen molar-refractivity contribution in [3.63, 3.8) is 0 Å². The Morgan fingerprint density at radius 3 is 2.05 bits per heavy atom. The number of benzene rings is 1. The summed E-state index contributed by atoms with van der Waals surface area (Å²) in [4.78, 5) is 20.3. The Labute approximate surface area is 114 Å². The van der Waals surface area contributed by atoms with Crippen molar-refractivity contribution in [2.75, 3.05) is 13.7 Å². The van der Waals surface area contributed by atoms with E-state index in [-0.39, 0.29) is 6.61 Å². The fraction of sp³-hybridized carbons (Fsp3) is 0.429. The highest BCUT2D eigenvalue weighted by atomic mass is 16.3. The molecule has 0 saturated heterocycles. The summed E-state index contributed by atoms with van der Waals surface area (Å²) < 4.78 is 0. The lowest BCUT2D eigenvalue weighted by molar-refractivity contribution is -0.120. The van der Waals surface area contributed by atoms with Crippen LogP contribution in [0.25, 0.3) is 0 Å². The molecule has 108 valence electrons. The van der Waals surface area contributed by atoms with Gasteiger partial charge >= 0.3 is 0 Å². The third-order valence-corrected chi connectivity index (χ3v) is 2.09. The summed E-state index contributed by atoms with van der Waals surface area (Å²) in [7, 11) is 1.56. The molecule has 4 N–H and O–H groups in total. The largest absolute Gasteiger partial charge is 0.394 e. The highest BCUT2D eigenvalue weighted by Crippen LogP contribution is 1.98. The summed E-state index contributed by atoms with van der Waals surface area (Å²) in [5, 5.41) is 10.9. The molecule has 0 aliphatic rings. The lowest BCUT2D eigenvalue weighted by Gasteiger charge is -2.05. The predicted molar refractivity (Wildman–Crippen MR) is 77.0 cm³/mol. The van der Waals surface area contributed by atoms with Crippen LogP contribution in [-0.4, -0.2) is 37.0 Å². The van der Waals surface area contributed by atoms with Gasteiger partial charge in [0.15, 0.2) is 0 Å². The zero-order valence-corrected chi connectivity index (χ0v) is 12.0. The van der Waals surface area contributed by atoms with Crippen LogP contribution in [0.15, 0.2) is 24.3 Å². The van der Waals surface area contributed by atoms with E-state index in [1.54, 1.807) is 7.05 Å². The van der Waals surface area contributed by atoms with Crippen molar-refractivity contribution < 1.29 is 14.7 Å². The van der Waals surface area contributed by atoms with E-state index in [1.165, 1.54) is 5.56 Å². The molecule has 1 aromatic rings. The average molecular weight is 268 g/mol. The quantitative estimate of drug-likeness (QED) is 0.707. The standard InChI is InChI=1S/C8H8O.C4H10N2O2.C2H6/c1-7-2-4-8(6-9)5-3-7;1-6-3(2-7)4(5)8;1-2/h2-6H,1H3;3,6-7H,2H2,1H3,(H2,5,8);1-2H3/t;3-;/m.0./s1. The molecule has 1 aromatic carbocycles. The zero-order chi connectivity index (χ0) is 15.3. The van der Waals surface area contributed by atoms with Crippen LogP contribution in [0.4, 0.5) is 0 Å². The Bertz CT molecular complexity index is 346. The van der Waals surface area contributed by atoms with Gasteiger partial charge in [-0.25, -0.2) is 0 Å². The number of aliphatic hydroxyl groups is 1. The van der Waals surface area contributed by atoms with Gasteiger partial charge < -0.3 is 16.2 Å². The van der Waals surface area contributed by atoms with Gasteiger partial charge in [0.1, 0.15) is 12.3 Å². The number of nitrogens with two attached hydrogens (primary N) is 1. The van der Waals surface area contributed by atoms with E-state index in [0.717, 1.165) is 11.8 Å². The SMILES string of the molecule is CC.CN[C@@H](CO)C(N)=O.Cc1ccc(C=O)cc1. The summed E-state index contributed by atoms with van der Waals surface area (Å²) in [6.45, 7) is 5.75. The normalized spacial score (nSPS) is 10.2. The Morgan fingerprint density at radius 1 is 1.37 bits per heavy atom. The maximum absolute atomic E-state index is 10.2. The minimum atomic E-state index is -0.602. The maximum atomic E-state index is 10.2. The number of hydrogen-bond donors (Lipinski definition) is 3. The summed E-state index contributed by atoms with van der Waals surface area (Å²) in [6.07, 6.45) is 0.847. The molecule has 0 aliphatic carbocycles. The van der Waals surface area contributed by atoms with Crippen LogP contribution in [0, 0.1) is 6.92 Å². The smallest absolute Gasteiger partial charge is 0.236 e. The number of hydrogen-bond acceptors (Lipinski definition) is 4. The number of aryl methyl sites for hydroxylation is 1. The van der Waals surface area contributed by atoms with Crippen molar-refractivity contribution in [3.8, 4) is 0 Å². The molecule has 0 aromatic heterocycles. The van der Waals surface area contributed by atoms with Gasteiger partial charge in [-0.2, -0.15) is 0 Å². The fourth-order valence-electron chi connectivity index (χ4n) is 0.969. The monoisotopic (exact) mass is 268 g/mol. The first-order valence-electron chi connectivity index (χ1n) is 6.14. The second kappa shape index (κ2) is 12.7. The van der Waals surface area contributed by atoms with Gasteiger partial charge in [0.2, 0.25) is 5.91 Å². The number of aldehydes is 1. The number of likely N-dealkylation sites (N-methyl/N-ethyl adjacent to an activating group) is 1. The summed E-state index contributed by atoms with van der Waals surface area (Å²) >= 11 is 0. The van der Waals surface area contributed by atoms with Gasteiger partial charge in [-0.1, -0.05) is 43.7 Å². The van der Waals surface area contributed by atoms with Gasteiger partial charge in [0, 0.05) is 5.56 Å². The minimum Gasteiger partial charge on any atom is -0.394 e. The van der Waals surface area contributed by atoms with Crippen molar-refractivity contribution >= 4 is 12.2 Å². The van der Waals surface area contributed by atoms with Crippen LogP contribution in [-0.2, 0) is 4.79 Å². The summed E-state index contributed by atoms with van der Waals surface area (Å²) in [6, 6.07) is 6.85. The second-order valence-corrected chi connectivity index (χ2v) is 3.45.